The summed E-state index contributed by atoms with van der Waals surface area (Å²) in [5.74, 6) is 0.232. The van der Waals surface area contributed by atoms with E-state index in [1.165, 1.54) is 4.90 Å². The van der Waals surface area contributed by atoms with Gasteiger partial charge in [0.1, 0.15) is 0 Å². The zero-order valence-corrected chi connectivity index (χ0v) is 12.6. The van der Waals surface area contributed by atoms with E-state index in [2.05, 4.69) is 28.1 Å². The second kappa shape index (κ2) is 4.04. The third kappa shape index (κ3) is 1.46. The second-order valence-corrected chi connectivity index (χ2v) is 6.80. The maximum atomic E-state index is 12.6. The van der Waals surface area contributed by atoms with E-state index in [1.807, 2.05) is 25.1 Å². The lowest BCUT2D eigenvalue weighted by molar-refractivity contribution is -0.123. The molecule has 0 aromatic heterocycles. The van der Waals surface area contributed by atoms with E-state index < -0.39 is 0 Å². The molecule has 4 atom stereocenters. The Morgan fingerprint density at radius 3 is 2.25 bits per heavy atom. The van der Waals surface area contributed by atoms with Crippen LogP contribution in [0.25, 0.3) is 0 Å². The van der Waals surface area contributed by atoms with Crippen molar-refractivity contribution < 1.29 is 9.59 Å². The number of hydrogen-bond acceptors (Lipinski definition) is 2. The van der Waals surface area contributed by atoms with Crippen LogP contribution in [-0.2, 0) is 9.59 Å². The van der Waals surface area contributed by atoms with Gasteiger partial charge in [-0.3, -0.25) is 9.59 Å². The van der Waals surface area contributed by atoms with Gasteiger partial charge in [-0.05, 0) is 42.9 Å². The van der Waals surface area contributed by atoms with Crippen molar-refractivity contribution in [3.63, 3.8) is 0 Å². The van der Waals surface area contributed by atoms with Gasteiger partial charge in [-0.25, -0.2) is 4.90 Å². The molecular formula is C16H14BrNO2. The molecule has 2 bridgehead atoms. The molecule has 0 spiro atoms. The molecule has 2 amide bonds. The number of carbonyl (C=O) groups excluding carboxylic acids is 2. The summed E-state index contributed by atoms with van der Waals surface area (Å²) >= 11 is 3.47. The van der Waals surface area contributed by atoms with Crippen molar-refractivity contribution in [1.29, 1.82) is 0 Å². The summed E-state index contributed by atoms with van der Waals surface area (Å²) in [6, 6.07) is 5.65. The molecule has 3 nitrogen and oxygen atoms in total. The summed E-state index contributed by atoms with van der Waals surface area (Å²) in [4.78, 5) is 26.7. The van der Waals surface area contributed by atoms with Gasteiger partial charge in [0.05, 0.1) is 17.5 Å². The molecule has 102 valence electrons. The molecule has 20 heavy (non-hydrogen) atoms. The van der Waals surface area contributed by atoms with Crippen molar-refractivity contribution in [3.8, 4) is 0 Å². The fourth-order valence-electron chi connectivity index (χ4n) is 3.88. The molecule has 3 aliphatic rings. The largest absolute Gasteiger partial charge is 0.274 e. The van der Waals surface area contributed by atoms with Crippen LogP contribution in [0.1, 0.15) is 12.0 Å². The lowest BCUT2D eigenvalue weighted by atomic mass is 9.85. The molecule has 0 radical (unpaired) electrons. The summed E-state index contributed by atoms with van der Waals surface area (Å²) in [6.45, 7) is 1.99. The van der Waals surface area contributed by atoms with Gasteiger partial charge in [-0.15, -0.1) is 0 Å². The van der Waals surface area contributed by atoms with E-state index in [-0.39, 0.29) is 35.5 Å². The Hall–Kier alpha value is -1.42. The van der Waals surface area contributed by atoms with Crippen LogP contribution in [0.5, 0.6) is 0 Å². The van der Waals surface area contributed by atoms with Gasteiger partial charge in [-0.2, -0.15) is 0 Å². The first-order valence-electron chi connectivity index (χ1n) is 6.90. The van der Waals surface area contributed by atoms with Crippen LogP contribution in [-0.4, -0.2) is 11.8 Å². The van der Waals surface area contributed by atoms with Gasteiger partial charge in [-0.1, -0.05) is 34.1 Å². The fraction of sp³-hybridized carbons (Fsp3) is 0.375. The normalized spacial score (nSPS) is 34.2. The maximum Gasteiger partial charge on any atom is 0.238 e. The predicted molar refractivity (Wildman–Crippen MR) is 79.1 cm³/mol. The topological polar surface area (TPSA) is 37.4 Å². The highest BCUT2D eigenvalue weighted by molar-refractivity contribution is 9.10. The standard InChI is InChI=1S/C16H14BrNO2/c1-8-2-5-11(7-12(8)17)18-15(19)13-9-3-4-10(6-9)14(13)16(18)20/h2-5,7,9-10,13-14H,6H2,1H3/t9-,10-,13-,14+/m1/s1. The third-order valence-electron chi connectivity index (χ3n) is 4.88. The maximum absolute atomic E-state index is 12.6. The van der Waals surface area contributed by atoms with Gasteiger partial charge >= 0.3 is 0 Å². The molecule has 2 fully saturated rings. The predicted octanol–water partition coefficient (Wildman–Crippen LogP) is 3.07. The monoisotopic (exact) mass is 331 g/mol. The highest BCUT2D eigenvalue weighted by Crippen LogP contribution is 2.53. The van der Waals surface area contributed by atoms with Gasteiger partial charge in [0, 0.05) is 4.47 Å². The zero-order chi connectivity index (χ0) is 14.0. The molecule has 1 aromatic carbocycles. The average Bonchev–Trinajstić information content (AvgIpc) is 3.08. The van der Waals surface area contributed by atoms with E-state index in [4.69, 9.17) is 0 Å². The number of hydrogen-bond donors (Lipinski definition) is 0. The molecule has 1 aliphatic heterocycles. The smallest absolute Gasteiger partial charge is 0.238 e. The highest BCUT2D eigenvalue weighted by atomic mass is 79.9. The minimum atomic E-state index is -0.127. The molecule has 0 unspecified atom stereocenters. The van der Waals surface area contributed by atoms with Crippen molar-refractivity contribution >= 4 is 33.4 Å². The lowest BCUT2D eigenvalue weighted by Crippen LogP contribution is -2.32. The molecule has 0 N–H and O–H groups in total. The van der Waals surface area contributed by atoms with Crippen molar-refractivity contribution in [2.24, 2.45) is 23.7 Å². The Balaban J connectivity index is 1.76. The number of anilines is 1. The molecule has 4 heteroatoms. The quantitative estimate of drug-likeness (QED) is 0.585. The number of benzene rings is 1. The Bertz CT molecular complexity index is 636. The lowest BCUT2D eigenvalue weighted by Gasteiger charge is -2.18. The van der Waals surface area contributed by atoms with Crippen LogP contribution < -0.4 is 4.90 Å². The Morgan fingerprint density at radius 2 is 1.70 bits per heavy atom. The number of amides is 2. The minimum Gasteiger partial charge on any atom is -0.274 e. The Kier molecular flexibility index (Phi) is 2.49. The van der Waals surface area contributed by atoms with Crippen molar-refractivity contribution in [2.45, 2.75) is 13.3 Å². The second-order valence-electron chi connectivity index (χ2n) is 5.95. The van der Waals surface area contributed by atoms with E-state index >= 15 is 0 Å². The number of allylic oxidation sites excluding steroid dienone is 2. The van der Waals surface area contributed by atoms with Crippen molar-refractivity contribution in [1.82, 2.24) is 0 Å². The van der Waals surface area contributed by atoms with Crippen LogP contribution in [0, 0.1) is 30.6 Å². The number of rotatable bonds is 1. The van der Waals surface area contributed by atoms with Gasteiger partial charge in [0.15, 0.2) is 0 Å². The van der Waals surface area contributed by atoms with E-state index in [9.17, 15) is 9.59 Å². The molecular weight excluding hydrogens is 318 g/mol. The summed E-state index contributed by atoms with van der Waals surface area (Å²) in [5.41, 5.74) is 1.78. The third-order valence-corrected chi connectivity index (χ3v) is 5.74. The number of aryl methyl sites for hydroxylation is 1. The first-order chi connectivity index (χ1) is 9.58. The number of fused-ring (bicyclic) bond motifs is 5. The molecule has 4 rings (SSSR count). The molecule has 2 aliphatic carbocycles. The molecule has 1 saturated heterocycles. The highest BCUT2D eigenvalue weighted by Gasteiger charge is 2.59. The summed E-state index contributed by atoms with van der Waals surface area (Å²) < 4.78 is 0.925. The van der Waals surface area contributed by atoms with Gasteiger partial charge < -0.3 is 0 Å². The van der Waals surface area contributed by atoms with Crippen LogP contribution in [0.4, 0.5) is 5.69 Å². The van der Waals surface area contributed by atoms with Crippen LogP contribution in [0.15, 0.2) is 34.8 Å². The van der Waals surface area contributed by atoms with E-state index in [1.54, 1.807) is 0 Å². The first-order valence-corrected chi connectivity index (χ1v) is 7.69. The molecule has 1 saturated carbocycles. The summed E-state index contributed by atoms with van der Waals surface area (Å²) in [5, 5.41) is 0. The van der Waals surface area contributed by atoms with E-state index in [0.717, 1.165) is 16.5 Å². The summed E-state index contributed by atoms with van der Waals surface area (Å²) in [6.07, 6.45) is 5.20. The number of halogens is 1. The van der Waals surface area contributed by atoms with E-state index in [0.29, 0.717) is 5.69 Å². The average molecular weight is 332 g/mol. The number of nitrogens with zero attached hydrogens (tertiary/aromatic N) is 1. The van der Waals surface area contributed by atoms with Crippen LogP contribution in [0.3, 0.4) is 0 Å². The minimum absolute atomic E-state index is 0.0207. The van der Waals surface area contributed by atoms with Crippen LogP contribution >= 0.6 is 15.9 Å². The summed E-state index contributed by atoms with van der Waals surface area (Å²) in [7, 11) is 0. The zero-order valence-electron chi connectivity index (χ0n) is 11.0. The number of carbonyl (C=O) groups is 2. The van der Waals surface area contributed by atoms with Gasteiger partial charge in [0.25, 0.3) is 0 Å². The van der Waals surface area contributed by atoms with Crippen LogP contribution in [0.2, 0.25) is 0 Å². The van der Waals surface area contributed by atoms with Crippen molar-refractivity contribution in [2.75, 3.05) is 4.90 Å². The molecule has 1 heterocycles. The fourth-order valence-corrected chi connectivity index (χ4v) is 4.24. The molecule has 1 aromatic rings. The SMILES string of the molecule is Cc1ccc(N2C(=O)[C@@H]3[C@H](C2=O)[C@@H]2C=C[C@@H]3C2)cc1Br. The Morgan fingerprint density at radius 1 is 1.10 bits per heavy atom. The van der Waals surface area contributed by atoms with Crippen molar-refractivity contribution in [3.05, 3.63) is 40.4 Å². The number of imide groups is 1. The van der Waals surface area contributed by atoms with Gasteiger partial charge in [0.2, 0.25) is 11.8 Å². The Labute approximate surface area is 125 Å². The first kappa shape index (κ1) is 12.3.